The fourth-order valence-electron chi connectivity index (χ4n) is 2.83. The number of ether oxygens (including phenoxy) is 1. The van der Waals surface area contributed by atoms with Gasteiger partial charge >= 0.3 is 0 Å². The van der Waals surface area contributed by atoms with Crippen LogP contribution in [-0.4, -0.2) is 39.4 Å². The molecule has 3 heterocycles. The molecule has 0 radical (unpaired) electrons. The Hall–Kier alpha value is -1.67. The fraction of sp³-hybridized carbons (Fsp3) is 0.471. The van der Waals surface area contributed by atoms with E-state index in [0.717, 1.165) is 22.8 Å². The van der Waals surface area contributed by atoms with Crippen LogP contribution in [0, 0.1) is 13.8 Å². The number of amides is 1. The van der Waals surface area contributed by atoms with Gasteiger partial charge in [0.1, 0.15) is 0 Å². The van der Waals surface area contributed by atoms with Gasteiger partial charge in [-0.15, -0.1) is 24.8 Å². The highest BCUT2D eigenvalue weighted by Crippen LogP contribution is 2.18. The molecule has 26 heavy (non-hydrogen) atoms. The van der Waals surface area contributed by atoms with Gasteiger partial charge in [0, 0.05) is 31.6 Å². The average molecular weight is 402 g/mol. The first-order valence-electron chi connectivity index (χ1n) is 8.11. The van der Waals surface area contributed by atoms with Crippen LogP contribution in [0.5, 0.6) is 0 Å². The summed E-state index contributed by atoms with van der Waals surface area (Å²) in [6.07, 6.45) is 2.85. The minimum absolute atomic E-state index is 0. The summed E-state index contributed by atoms with van der Waals surface area (Å²) in [6, 6.07) is 5.84. The van der Waals surface area contributed by atoms with Gasteiger partial charge in [-0.3, -0.25) is 4.79 Å². The molecule has 1 aliphatic rings. The van der Waals surface area contributed by atoms with Crippen molar-refractivity contribution in [3.05, 3.63) is 41.3 Å². The Morgan fingerprint density at radius 2 is 2.00 bits per heavy atom. The van der Waals surface area contributed by atoms with E-state index in [4.69, 9.17) is 10.5 Å². The van der Waals surface area contributed by atoms with E-state index in [-0.39, 0.29) is 30.7 Å². The van der Waals surface area contributed by atoms with Crippen LogP contribution in [0.25, 0.3) is 5.82 Å². The van der Waals surface area contributed by atoms with Gasteiger partial charge < -0.3 is 15.8 Å². The number of carbonyl (C=O) groups excluding carboxylic acids is 1. The van der Waals surface area contributed by atoms with Gasteiger partial charge in [-0.25, -0.2) is 9.67 Å². The predicted molar refractivity (Wildman–Crippen MR) is 104 cm³/mol. The molecule has 9 heteroatoms. The van der Waals surface area contributed by atoms with Crippen LogP contribution in [-0.2, 0) is 16.1 Å². The van der Waals surface area contributed by atoms with Crippen LogP contribution >= 0.6 is 24.8 Å². The molecule has 144 valence electrons. The second kappa shape index (κ2) is 9.32. The minimum atomic E-state index is -0.824. The zero-order valence-corrected chi connectivity index (χ0v) is 16.5. The Morgan fingerprint density at radius 3 is 2.54 bits per heavy atom. The van der Waals surface area contributed by atoms with Crippen molar-refractivity contribution in [3.63, 3.8) is 0 Å². The molecule has 2 aromatic rings. The molecule has 1 aliphatic heterocycles. The van der Waals surface area contributed by atoms with Gasteiger partial charge in [0.2, 0.25) is 5.91 Å². The van der Waals surface area contributed by atoms with E-state index < -0.39 is 5.54 Å². The third-order valence-corrected chi connectivity index (χ3v) is 4.33. The number of pyridine rings is 1. The summed E-state index contributed by atoms with van der Waals surface area (Å²) in [7, 11) is 0. The summed E-state index contributed by atoms with van der Waals surface area (Å²) < 4.78 is 7.07. The van der Waals surface area contributed by atoms with Crippen molar-refractivity contribution in [2.45, 2.75) is 38.8 Å². The molecule has 0 bridgehead atoms. The Kier molecular flexibility index (Phi) is 8.02. The van der Waals surface area contributed by atoms with E-state index in [0.29, 0.717) is 32.6 Å². The maximum atomic E-state index is 12.3. The van der Waals surface area contributed by atoms with Crippen molar-refractivity contribution in [1.82, 2.24) is 20.1 Å². The van der Waals surface area contributed by atoms with Gasteiger partial charge in [-0.2, -0.15) is 5.10 Å². The smallest absolute Gasteiger partial charge is 0.240 e. The number of aromatic nitrogens is 3. The second-order valence-electron chi connectivity index (χ2n) is 6.31. The molecule has 3 N–H and O–H groups in total. The number of nitrogens with one attached hydrogen (secondary N) is 1. The van der Waals surface area contributed by atoms with Crippen molar-refractivity contribution in [2.75, 3.05) is 13.2 Å². The molecule has 0 spiro atoms. The van der Waals surface area contributed by atoms with E-state index in [2.05, 4.69) is 15.4 Å². The second-order valence-corrected chi connectivity index (χ2v) is 6.31. The van der Waals surface area contributed by atoms with Crippen LogP contribution in [0.2, 0.25) is 0 Å². The highest BCUT2D eigenvalue weighted by atomic mass is 35.5. The average Bonchev–Trinajstić information content (AvgIpc) is 2.92. The summed E-state index contributed by atoms with van der Waals surface area (Å²) in [6.45, 7) is 5.41. The fourth-order valence-corrected chi connectivity index (χ4v) is 2.83. The summed E-state index contributed by atoms with van der Waals surface area (Å²) in [5.41, 5.74) is 8.25. The first-order chi connectivity index (χ1) is 11.5. The lowest BCUT2D eigenvalue weighted by Gasteiger charge is -2.31. The molecule has 0 aromatic carbocycles. The van der Waals surface area contributed by atoms with Gasteiger partial charge in [0.25, 0.3) is 0 Å². The largest absolute Gasteiger partial charge is 0.381 e. The summed E-state index contributed by atoms with van der Waals surface area (Å²) in [5.74, 6) is 0.629. The topological polar surface area (TPSA) is 95.1 Å². The number of hydrogen-bond acceptors (Lipinski definition) is 5. The van der Waals surface area contributed by atoms with E-state index in [1.807, 2.05) is 32.0 Å². The first-order valence-corrected chi connectivity index (χ1v) is 8.11. The van der Waals surface area contributed by atoms with Crippen molar-refractivity contribution >= 4 is 30.7 Å². The summed E-state index contributed by atoms with van der Waals surface area (Å²) >= 11 is 0. The summed E-state index contributed by atoms with van der Waals surface area (Å²) in [5, 5.41) is 7.31. The Bertz CT molecular complexity index is 727. The zero-order valence-electron chi connectivity index (χ0n) is 14.9. The van der Waals surface area contributed by atoms with Crippen LogP contribution in [0.4, 0.5) is 0 Å². The highest BCUT2D eigenvalue weighted by Gasteiger charge is 2.35. The van der Waals surface area contributed by atoms with Gasteiger partial charge in [0.15, 0.2) is 5.82 Å². The number of aryl methyl sites for hydroxylation is 2. The molecule has 1 saturated heterocycles. The third-order valence-electron chi connectivity index (χ3n) is 4.33. The maximum Gasteiger partial charge on any atom is 0.240 e. The highest BCUT2D eigenvalue weighted by molar-refractivity contribution is 5.86. The Balaban J connectivity index is 0.00000169. The maximum absolute atomic E-state index is 12.3. The van der Waals surface area contributed by atoms with Crippen molar-refractivity contribution in [3.8, 4) is 5.82 Å². The predicted octanol–water partition coefficient (Wildman–Crippen LogP) is 1.85. The monoisotopic (exact) mass is 401 g/mol. The number of nitrogens with two attached hydrogens (primary N) is 1. The molecule has 0 aliphatic carbocycles. The molecule has 7 nitrogen and oxygen atoms in total. The third kappa shape index (κ3) is 4.94. The van der Waals surface area contributed by atoms with E-state index >= 15 is 0 Å². The van der Waals surface area contributed by atoms with Gasteiger partial charge in [0.05, 0.1) is 11.2 Å². The van der Waals surface area contributed by atoms with Crippen LogP contribution < -0.4 is 11.1 Å². The Morgan fingerprint density at radius 1 is 1.31 bits per heavy atom. The molecule has 0 saturated carbocycles. The van der Waals surface area contributed by atoms with Crippen LogP contribution in [0.3, 0.4) is 0 Å². The lowest BCUT2D eigenvalue weighted by atomic mass is 9.90. The van der Waals surface area contributed by atoms with Gasteiger partial charge in [-0.1, -0.05) is 6.07 Å². The first kappa shape index (κ1) is 22.4. The van der Waals surface area contributed by atoms with Gasteiger partial charge in [-0.05, 0) is 44.4 Å². The Labute approximate surface area is 165 Å². The number of hydrogen-bond donors (Lipinski definition) is 2. The zero-order chi connectivity index (χ0) is 17.2. The van der Waals surface area contributed by atoms with Crippen molar-refractivity contribution < 1.29 is 9.53 Å². The lowest BCUT2D eigenvalue weighted by Crippen LogP contribution is -2.56. The van der Waals surface area contributed by atoms with Crippen molar-refractivity contribution in [1.29, 1.82) is 0 Å². The standard InChI is InChI=1S/C17H23N5O2.2ClH/c1-12-9-13(2)22(21-12)15-4-3-14(10-19-15)11-20-16(23)17(18)5-7-24-8-6-17;;/h3-4,9-10H,5-8,11,18H2,1-2H3,(H,20,23);2*1H. The van der Waals surface area contributed by atoms with Crippen LogP contribution in [0.1, 0.15) is 29.8 Å². The quantitative estimate of drug-likeness (QED) is 0.814. The summed E-state index contributed by atoms with van der Waals surface area (Å²) in [4.78, 5) is 16.7. The number of rotatable bonds is 4. The van der Waals surface area contributed by atoms with E-state index in [9.17, 15) is 4.79 Å². The molecular weight excluding hydrogens is 377 g/mol. The molecule has 1 amide bonds. The molecule has 0 atom stereocenters. The molecule has 3 rings (SSSR count). The SMILES string of the molecule is Cc1cc(C)n(-c2ccc(CNC(=O)C3(N)CCOCC3)cn2)n1.Cl.Cl. The number of nitrogens with zero attached hydrogens (tertiary/aromatic N) is 3. The van der Waals surface area contributed by atoms with E-state index in [1.165, 1.54) is 0 Å². The molecule has 2 aromatic heterocycles. The van der Waals surface area contributed by atoms with Crippen molar-refractivity contribution in [2.24, 2.45) is 5.73 Å². The lowest BCUT2D eigenvalue weighted by molar-refractivity contribution is -0.129. The molecular formula is C17H25Cl2N5O2. The normalized spacial score (nSPS) is 15.5. The molecule has 0 unspecified atom stereocenters. The number of halogens is 2. The molecule has 1 fully saturated rings. The van der Waals surface area contributed by atoms with Crippen LogP contribution in [0.15, 0.2) is 24.4 Å². The number of carbonyl (C=O) groups is 1. The minimum Gasteiger partial charge on any atom is -0.381 e. The van der Waals surface area contributed by atoms with E-state index in [1.54, 1.807) is 10.9 Å².